The third-order valence-corrected chi connectivity index (χ3v) is 2.19. The summed E-state index contributed by atoms with van der Waals surface area (Å²) < 4.78 is 0. The molecule has 0 aromatic rings. The van der Waals surface area contributed by atoms with E-state index in [1.54, 1.807) is 0 Å². The zero-order valence-electron chi connectivity index (χ0n) is 9.31. The summed E-state index contributed by atoms with van der Waals surface area (Å²) in [6, 6.07) is 0.323. The molecule has 1 heterocycles. The van der Waals surface area contributed by atoms with Crippen molar-refractivity contribution in [2.24, 2.45) is 0 Å². The molecular formula is C10H21N3O. The minimum absolute atomic E-state index is 0.159. The normalized spacial score (nSPS) is 22.5. The third kappa shape index (κ3) is 4.58. The molecule has 4 heteroatoms. The van der Waals surface area contributed by atoms with Gasteiger partial charge in [-0.2, -0.15) is 0 Å². The van der Waals surface area contributed by atoms with E-state index in [9.17, 15) is 4.79 Å². The molecule has 1 amide bonds. The van der Waals surface area contributed by atoms with E-state index in [-0.39, 0.29) is 11.4 Å². The minimum Gasteiger partial charge on any atom is -0.354 e. The number of rotatable bonds is 4. The van der Waals surface area contributed by atoms with E-state index in [4.69, 9.17) is 0 Å². The van der Waals surface area contributed by atoms with Crippen molar-refractivity contribution in [3.63, 3.8) is 0 Å². The van der Waals surface area contributed by atoms with Gasteiger partial charge in [0.2, 0.25) is 5.91 Å². The van der Waals surface area contributed by atoms with Gasteiger partial charge in [0, 0.05) is 37.6 Å². The first kappa shape index (κ1) is 11.5. The van der Waals surface area contributed by atoms with Crippen LogP contribution in [0.4, 0.5) is 0 Å². The number of carbonyl (C=O) groups is 1. The smallest absolute Gasteiger partial charge is 0.221 e. The van der Waals surface area contributed by atoms with E-state index in [0.29, 0.717) is 12.5 Å². The highest BCUT2D eigenvalue weighted by Gasteiger charge is 2.20. The lowest BCUT2D eigenvalue weighted by Gasteiger charge is -2.21. The molecule has 0 aromatic heterocycles. The second-order valence-electron chi connectivity index (χ2n) is 4.84. The zero-order chi connectivity index (χ0) is 10.6. The summed E-state index contributed by atoms with van der Waals surface area (Å²) in [5, 5.41) is 9.53. The highest BCUT2D eigenvalue weighted by molar-refractivity contribution is 5.78. The standard InChI is InChI=1S/C10H21N3O/c1-10(2,3)13-5-4-11-8-6-9(14)12-7-8/h8,11,13H,4-7H2,1-3H3,(H,12,14). The molecule has 0 saturated carbocycles. The molecule has 14 heavy (non-hydrogen) atoms. The fourth-order valence-corrected chi connectivity index (χ4v) is 1.46. The molecule has 0 spiro atoms. The Hall–Kier alpha value is -0.610. The van der Waals surface area contributed by atoms with Gasteiger partial charge >= 0.3 is 0 Å². The van der Waals surface area contributed by atoms with Gasteiger partial charge < -0.3 is 16.0 Å². The van der Waals surface area contributed by atoms with Crippen LogP contribution in [0, 0.1) is 0 Å². The van der Waals surface area contributed by atoms with Crippen LogP contribution in [0.1, 0.15) is 27.2 Å². The van der Waals surface area contributed by atoms with Crippen LogP contribution >= 0.6 is 0 Å². The van der Waals surface area contributed by atoms with Gasteiger partial charge in [-0.15, -0.1) is 0 Å². The molecule has 4 nitrogen and oxygen atoms in total. The van der Waals surface area contributed by atoms with Crippen LogP contribution in [0.15, 0.2) is 0 Å². The van der Waals surface area contributed by atoms with E-state index in [0.717, 1.165) is 19.6 Å². The second kappa shape index (κ2) is 4.75. The first-order valence-electron chi connectivity index (χ1n) is 5.22. The Bertz CT molecular complexity index is 198. The molecule has 1 aliphatic heterocycles. The van der Waals surface area contributed by atoms with Crippen molar-refractivity contribution < 1.29 is 4.79 Å². The maximum Gasteiger partial charge on any atom is 0.221 e. The topological polar surface area (TPSA) is 53.2 Å². The summed E-state index contributed by atoms with van der Waals surface area (Å²) in [6.45, 7) is 9.06. The molecule has 0 aliphatic carbocycles. The highest BCUT2D eigenvalue weighted by Crippen LogP contribution is 1.99. The second-order valence-corrected chi connectivity index (χ2v) is 4.84. The lowest BCUT2D eigenvalue weighted by atomic mass is 10.1. The summed E-state index contributed by atoms with van der Waals surface area (Å²) in [4.78, 5) is 10.9. The van der Waals surface area contributed by atoms with Crippen molar-refractivity contribution in [2.45, 2.75) is 38.8 Å². The van der Waals surface area contributed by atoms with E-state index in [1.165, 1.54) is 0 Å². The monoisotopic (exact) mass is 199 g/mol. The molecule has 1 saturated heterocycles. The summed E-state index contributed by atoms with van der Waals surface area (Å²) in [6.07, 6.45) is 0.621. The quantitative estimate of drug-likeness (QED) is 0.552. The Morgan fingerprint density at radius 3 is 2.64 bits per heavy atom. The lowest BCUT2D eigenvalue weighted by Crippen LogP contribution is -2.42. The molecule has 1 unspecified atom stereocenters. The van der Waals surface area contributed by atoms with Gasteiger partial charge in [0.25, 0.3) is 0 Å². The largest absolute Gasteiger partial charge is 0.354 e. The van der Waals surface area contributed by atoms with E-state index in [1.807, 2.05) is 0 Å². The molecule has 1 fully saturated rings. The van der Waals surface area contributed by atoms with Crippen molar-refractivity contribution in [1.82, 2.24) is 16.0 Å². The molecule has 0 radical (unpaired) electrons. The van der Waals surface area contributed by atoms with Crippen LogP contribution in [-0.4, -0.2) is 37.1 Å². The van der Waals surface area contributed by atoms with Crippen molar-refractivity contribution in [1.29, 1.82) is 0 Å². The van der Waals surface area contributed by atoms with Gasteiger partial charge in [0.15, 0.2) is 0 Å². The van der Waals surface area contributed by atoms with Crippen molar-refractivity contribution in [3.05, 3.63) is 0 Å². The van der Waals surface area contributed by atoms with Gasteiger partial charge in [-0.3, -0.25) is 4.79 Å². The first-order chi connectivity index (χ1) is 6.47. The molecule has 1 rings (SSSR count). The Morgan fingerprint density at radius 2 is 2.14 bits per heavy atom. The molecule has 0 bridgehead atoms. The van der Waals surface area contributed by atoms with E-state index >= 15 is 0 Å². The predicted molar refractivity (Wildman–Crippen MR) is 57.2 cm³/mol. The molecule has 1 aliphatic rings. The van der Waals surface area contributed by atoms with E-state index in [2.05, 4.69) is 36.7 Å². The van der Waals surface area contributed by atoms with Crippen LogP contribution in [-0.2, 0) is 4.79 Å². The van der Waals surface area contributed by atoms with Crippen LogP contribution in [0.3, 0.4) is 0 Å². The fraction of sp³-hybridized carbons (Fsp3) is 0.900. The number of amides is 1. The number of hydrogen-bond donors (Lipinski definition) is 3. The Balaban J connectivity index is 2.02. The van der Waals surface area contributed by atoms with E-state index < -0.39 is 0 Å². The molecule has 82 valence electrons. The van der Waals surface area contributed by atoms with Crippen LogP contribution in [0.25, 0.3) is 0 Å². The number of nitrogens with one attached hydrogen (secondary N) is 3. The lowest BCUT2D eigenvalue weighted by molar-refractivity contribution is -0.119. The average Bonchev–Trinajstić information content (AvgIpc) is 2.44. The molecule has 1 atom stereocenters. The van der Waals surface area contributed by atoms with Crippen molar-refractivity contribution in [2.75, 3.05) is 19.6 Å². The number of carbonyl (C=O) groups excluding carboxylic acids is 1. The molecular weight excluding hydrogens is 178 g/mol. The summed E-state index contributed by atoms with van der Waals surface area (Å²) in [5.41, 5.74) is 0.172. The van der Waals surface area contributed by atoms with Crippen molar-refractivity contribution in [3.8, 4) is 0 Å². The predicted octanol–water partition coefficient (Wildman–Crippen LogP) is -0.147. The van der Waals surface area contributed by atoms with Crippen molar-refractivity contribution >= 4 is 5.91 Å². The first-order valence-corrected chi connectivity index (χ1v) is 5.22. The summed E-state index contributed by atoms with van der Waals surface area (Å²) in [5.74, 6) is 0.159. The van der Waals surface area contributed by atoms with Gasteiger partial charge in [-0.1, -0.05) is 0 Å². The Morgan fingerprint density at radius 1 is 1.43 bits per heavy atom. The highest BCUT2D eigenvalue weighted by atomic mass is 16.1. The van der Waals surface area contributed by atoms with Crippen LogP contribution in [0.5, 0.6) is 0 Å². The third-order valence-electron chi connectivity index (χ3n) is 2.19. The summed E-state index contributed by atoms with van der Waals surface area (Å²) >= 11 is 0. The maximum absolute atomic E-state index is 10.9. The Kier molecular flexibility index (Phi) is 3.89. The fourth-order valence-electron chi connectivity index (χ4n) is 1.46. The van der Waals surface area contributed by atoms with Gasteiger partial charge in [-0.25, -0.2) is 0 Å². The maximum atomic E-state index is 10.9. The zero-order valence-corrected chi connectivity index (χ0v) is 9.31. The molecule has 0 aromatic carbocycles. The molecule has 3 N–H and O–H groups in total. The van der Waals surface area contributed by atoms with Crippen LogP contribution in [0.2, 0.25) is 0 Å². The summed E-state index contributed by atoms with van der Waals surface area (Å²) in [7, 11) is 0. The van der Waals surface area contributed by atoms with Gasteiger partial charge in [-0.05, 0) is 20.8 Å². The minimum atomic E-state index is 0.159. The number of hydrogen-bond acceptors (Lipinski definition) is 3. The van der Waals surface area contributed by atoms with Crippen LogP contribution < -0.4 is 16.0 Å². The van der Waals surface area contributed by atoms with Gasteiger partial charge in [0.05, 0.1) is 0 Å². The Labute approximate surface area is 85.8 Å². The van der Waals surface area contributed by atoms with Gasteiger partial charge in [0.1, 0.15) is 0 Å². The average molecular weight is 199 g/mol. The SMILES string of the molecule is CC(C)(C)NCCNC1CNC(=O)C1.